The highest BCUT2D eigenvalue weighted by atomic mass is 79.9. The van der Waals surface area contributed by atoms with Crippen LogP contribution in [0.1, 0.15) is 51.5 Å². The quantitative estimate of drug-likeness (QED) is 0.645. The van der Waals surface area contributed by atoms with Gasteiger partial charge in [-0.05, 0) is 47.8 Å². The third-order valence-electron chi connectivity index (χ3n) is 2.96. The lowest BCUT2D eigenvalue weighted by molar-refractivity contribution is 0.197. The average Bonchev–Trinajstić information content (AvgIpc) is 2.40. The van der Waals surface area contributed by atoms with Crippen LogP contribution in [0.3, 0.4) is 0 Å². The van der Waals surface area contributed by atoms with E-state index in [0.29, 0.717) is 0 Å². The van der Waals surface area contributed by atoms with Crippen LogP contribution >= 0.6 is 15.9 Å². The van der Waals surface area contributed by atoms with Crippen molar-refractivity contribution in [3.8, 4) is 11.8 Å². The zero-order chi connectivity index (χ0) is 14.3. The predicted molar refractivity (Wildman–Crippen MR) is 77.7 cm³/mol. The lowest BCUT2D eigenvalue weighted by Crippen LogP contribution is -2.12. The van der Waals surface area contributed by atoms with E-state index in [1.165, 1.54) is 25.3 Å². The lowest BCUT2D eigenvalue weighted by Gasteiger charge is -2.15. The van der Waals surface area contributed by atoms with E-state index >= 15 is 0 Å². The molecule has 0 saturated carbocycles. The molecule has 19 heavy (non-hydrogen) atoms. The van der Waals surface area contributed by atoms with E-state index in [-0.39, 0.29) is 21.9 Å². The Morgan fingerprint density at radius 3 is 2.74 bits per heavy atom. The van der Waals surface area contributed by atoms with E-state index in [2.05, 4.69) is 22.9 Å². The Bertz CT molecular complexity index is 456. The second-order valence-corrected chi connectivity index (χ2v) is 5.42. The van der Waals surface area contributed by atoms with Gasteiger partial charge >= 0.3 is 0 Å². The van der Waals surface area contributed by atoms with Crippen LogP contribution in [0, 0.1) is 17.1 Å². The summed E-state index contributed by atoms with van der Waals surface area (Å²) in [6, 6.07) is 5.00. The zero-order valence-corrected chi connectivity index (χ0v) is 13.0. The number of ether oxygens (including phenoxy) is 1. The highest BCUT2D eigenvalue weighted by Gasteiger charge is 2.14. The molecule has 0 bridgehead atoms. The van der Waals surface area contributed by atoms with Gasteiger partial charge in [0, 0.05) is 0 Å². The van der Waals surface area contributed by atoms with Gasteiger partial charge in [0.2, 0.25) is 0 Å². The summed E-state index contributed by atoms with van der Waals surface area (Å²) in [4.78, 5) is 0. The van der Waals surface area contributed by atoms with Gasteiger partial charge in [-0.1, -0.05) is 26.2 Å². The van der Waals surface area contributed by atoms with Gasteiger partial charge in [-0.3, -0.25) is 0 Å². The Balaban J connectivity index is 2.58. The van der Waals surface area contributed by atoms with Gasteiger partial charge < -0.3 is 4.74 Å². The summed E-state index contributed by atoms with van der Waals surface area (Å²) >= 11 is 3.08. The number of hydrogen-bond acceptors (Lipinski definition) is 2. The number of rotatable bonds is 7. The van der Waals surface area contributed by atoms with E-state index in [0.717, 1.165) is 12.8 Å². The normalized spacial score (nSPS) is 11.9. The number of nitriles is 1. The molecule has 0 aliphatic heterocycles. The number of nitrogens with zero attached hydrogens (tertiary/aromatic N) is 1. The minimum absolute atomic E-state index is 0.0220. The standard InChI is InChI=1S/C15H19BrFNO/c1-3-4-5-6-7-11(2)19-13-9-8-12(10-18)14(16)15(13)17/h8-9,11H,3-7H2,1-2H3. The van der Waals surface area contributed by atoms with E-state index in [9.17, 15) is 4.39 Å². The molecule has 2 nitrogen and oxygen atoms in total. The van der Waals surface area contributed by atoms with Crippen LogP contribution in [-0.2, 0) is 0 Å². The molecule has 1 rings (SSSR count). The molecule has 4 heteroatoms. The Hall–Kier alpha value is -1.08. The smallest absolute Gasteiger partial charge is 0.180 e. The SMILES string of the molecule is CCCCCCC(C)Oc1ccc(C#N)c(Br)c1F. The summed E-state index contributed by atoms with van der Waals surface area (Å²) in [5.41, 5.74) is 0.278. The van der Waals surface area contributed by atoms with Crippen molar-refractivity contribution < 1.29 is 9.13 Å². The van der Waals surface area contributed by atoms with E-state index in [4.69, 9.17) is 10.00 Å². The van der Waals surface area contributed by atoms with E-state index in [1.54, 1.807) is 6.07 Å². The molecule has 0 amide bonds. The summed E-state index contributed by atoms with van der Waals surface area (Å²) < 4.78 is 19.7. The van der Waals surface area contributed by atoms with Crippen molar-refractivity contribution in [3.63, 3.8) is 0 Å². The molecule has 1 unspecified atom stereocenters. The maximum atomic E-state index is 13.9. The van der Waals surface area contributed by atoms with Gasteiger partial charge in [0.25, 0.3) is 0 Å². The van der Waals surface area contributed by atoms with Crippen LogP contribution in [0.5, 0.6) is 5.75 Å². The second kappa shape index (κ2) is 8.16. The fourth-order valence-electron chi connectivity index (χ4n) is 1.84. The van der Waals surface area contributed by atoms with Crippen molar-refractivity contribution in [2.24, 2.45) is 0 Å². The largest absolute Gasteiger partial charge is 0.488 e. The first-order valence-electron chi connectivity index (χ1n) is 6.64. The van der Waals surface area contributed by atoms with Crippen LogP contribution in [0.4, 0.5) is 4.39 Å². The Morgan fingerprint density at radius 1 is 1.37 bits per heavy atom. The third kappa shape index (κ3) is 4.83. The molecule has 0 radical (unpaired) electrons. The van der Waals surface area contributed by atoms with Gasteiger partial charge in [-0.25, -0.2) is 4.39 Å². The van der Waals surface area contributed by atoms with Crippen molar-refractivity contribution in [1.29, 1.82) is 5.26 Å². The minimum Gasteiger partial charge on any atom is -0.488 e. The van der Waals surface area contributed by atoms with Gasteiger partial charge in [0.1, 0.15) is 6.07 Å². The molecule has 0 spiro atoms. The molecule has 104 valence electrons. The second-order valence-electron chi connectivity index (χ2n) is 4.63. The molecule has 0 fully saturated rings. The van der Waals surface area contributed by atoms with Crippen molar-refractivity contribution in [3.05, 3.63) is 28.0 Å². The maximum absolute atomic E-state index is 13.9. The Kier molecular flexibility index (Phi) is 6.86. The third-order valence-corrected chi connectivity index (χ3v) is 3.73. The van der Waals surface area contributed by atoms with Gasteiger partial charge in [-0.15, -0.1) is 0 Å². The highest BCUT2D eigenvalue weighted by molar-refractivity contribution is 9.10. The van der Waals surface area contributed by atoms with E-state index < -0.39 is 5.82 Å². The lowest BCUT2D eigenvalue weighted by atomic mass is 10.1. The molecule has 0 aliphatic carbocycles. The molecule has 0 heterocycles. The van der Waals surface area contributed by atoms with Crippen LogP contribution in [0.25, 0.3) is 0 Å². The molecular weight excluding hydrogens is 309 g/mol. The summed E-state index contributed by atoms with van der Waals surface area (Å²) in [6.45, 7) is 4.11. The topological polar surface area (TPSA) is 33.0 Å². The molecular formula is C15H19BrFNO. The first-order valence-corrected chi connectivity index (χ1v) is 7.44. The van der Waals surface area contributed by atoms with Gasteiger partial charge in [-0.2, -0.15) is 5.26 Å². The molecule has 0 aromatic heterocycles. The molecule has 0 aliphatic rings. The number of benzene rings is 1. The van der Waals surface area contributed by atoms with Crippen LogP contribution in [-0.4, -0.2) is 6.10 Å². The predicted octanol–water partition coefficient (Wildman–Crippen LogP) is 5.20. The Morgan fingerprint density at radius 2 is 2.11 bits per heavy atom. The summed E-state index contributed by atoms with van der Waals surface area (Å²) in [7, 11) is 0. The minimum atomic E-state index is -0.501. The maximum Gasteiger partial charge on any atom is 0.180 e. The van der Waals surface area contributed by atoms with Gasteiger partial charge in [0.15, 0.2) is 11.6 Å². The number of hydrogen-bond donors (Lipinski definition) is 0. The van der Waals surface area contributed by atoms with Crippen LogP contribution in [0.2, 0.25) is 0 Å². The molecule has 0 N–H and O–H groups in total. The first-order chi connectivity index (χ1) is 9.10. The highest BCUT2D eigenvalue weighted by Crippen LogP contribution is 2.29. The number of halogens is 2. The fourth-order valence-corrected chi connectivity index (χ4v) is 2.26. The van der Waals surface area contributed by atoms with E-state index in [1.807, 2.05) is 13.0 Å². The summed E-state index contributed by atoms with van der Waals surface area (Å²) in [5, 5.41) is 8.79. The Labute approximate surface area is 122 Å². The number of unbranched alkanes of at least 4 members (excludes halogenated alkanes) is 3. The summed E-state index contributed by atoms with van der Waals surface area (Å²) in [5.74, 6) is -0.298. The van der Waals surface area contributed by atoms with Crippen molar-refractivity contribution in [2.45, 2.75) is 52.1 Å². The molecule has 1 aromatic carbocycles. The fraction of sp³-hybridized carbons (Fsp3) is 0.533. The van der Waals surface area contributed by atoms with Crippen molar-refractivity contribution in [1.82, 2.24) is 0 Å². The summed E-state index contributed by atoms with van der Waals surface area (Å²) in [6.07, 6.45) is 5.59. The van der Waals surface area contributed by atoms with Crippen LogP contribution < -0.4 is 4.74 Å². The van der Waals surface area contributed by atoms with Crippen molar-refractivity contribution >= 4 is 15.9 Å². The average molecular weight is 328 g/mol. The zero-order valence-electron chi connectivity index (χ0n) is 11.4. The van der Waals surface area contributed by atoms with Gasteiger partial charge in [0.05, 0.1) is 16.1 Å². The van der Waals surface area contributed by atoms with Crippen molar-refractivity contribution in [2.75, 3.05) is 0 Å². The molecule has 0 saturated heterocycles. The van der Waals surface area contributed by atoms with Crippen LogP contribution in [0.15, 0.2) is 16.6 Å². The molecule has 1 aromatic rings. The monoisotopic (exact) mass is 327 g/mol. The first kappa shape index (κ1) is 16.0. The molecule has 1 atom stereocenters.